The van der Waals surface area contributed by atoms with Gasteiger partial charge in [-0.05, 0) is 30.5 Å². The second kappa shape index (κ2) is 5.71. The Balaban J connectivity index is 1.66. The summed E-state index contributed by atoms with van der Waals surface area (Å²) in [5.41, 5.74) is 0.867. The monoisotopic (exact) mass is 362 g/mol. The number of hydrogen-bond acceptors (Lipinski definition) is 3. The van der Waals surface area contributed by atoms with Crippen LogP contribution in [0.5, 0.6) is 0 Å². The molecular weight excluding hydrogens is 340 g/mol. The molecule has 1 spiro atoms. The summed E-state index contributed by atoms with van der Waals surface area (Å²) in [6.45, 7) is 7.28. The number of rotatable bonds is 2. The number of carbonyl (C=O) groups excluding carboxylic acids is 2. The molecular formula is C19H23ClN2O3. The zero-order chi connectivity index (χ0) is 17.9. The van der Waals surface area contributed by atoms with Gasteiger partial charge in [0, 0.05) is 23.6 Å². The summed E-state index contributed by atoms with van der Waals surface area (Å²) in [6.07, 6.45) is 1.02. The maximum Gasteiger partial charge on any atom is 0.254 e. The lowest BCUT2D eigenvalue weighted by molar-refractivity contribution is -0.139. The topological polar surface area (TPSA) is 49.9 Å². The first kappa shape index (κ1) is 16.9. The van der Waals surface area contributed by atoms with E-state index in [1.165, 1.54) is 0 Å². The molecule has 5 nitrogen and oxygen atoms in total. The van der Waals surface area contributed by atoms with Gasteiger partial charge in [-0.1, -0.05) is 31.5 Å². The van der Waals surface area contributed by atoms with E-state index < -0.39 is 5.72 Å². The quantitative estimate of drug-likeness (QED) is 0.812. The van der Waals surface area contributed by atoms with E-state index in [-0.39, 0.29) is 23.9 Å². The molecule has 4 rings (SSSR count). The van der Waals surface area contributed by atoms with Crippen LogP contribution < -0.4 is 0 Å². The number of likely N-dealkylation sites (tertiary alicyclic amines) is 1. The number of amides is 2. The summed E-state index contributed by atoms with van der Waals surface area (Å²) in [7, 11) is 0. The Morgan fingerprint density at radius 1 is 1.40 bits per heavy atom. The normalized spacial score (nSPS) is 31.0. The van der Waals surface area contributed by atoms with Crippen LogP contribution >= 0.6 is 11.6 Å². The highest BCUT2D eigenvalue weighted by Gasteiger charge is 2.65. The molecule has 3 saturated heterocycles. The van der Waals surface area contributed by atoms with Gasteiger partial charge in [0.15, 0.2) is 5.72 Å². The molecule has 6 heteroatoms. The Hall–Kier alpha value is -1.59. The van der Waals surface area contributed by atoms with Crippen LogP contribution in [-0.4, -0.2) is 52.6 Å². The highest BCUT2D eigenvalue weighted by atomic mass is 35.5. The van der Waals surface area contributed by atoms with E-state index in [0.29, 0.717) is 42.5 Å². The van der Waals surface area contributed by atoms with Crippen LogP contribution in [0.15, 0.2) is 18.2 Å². The van der Waals surface area contributed by atoms with E-state index in [2.05, 4.69) is 13.8 Å². The molecule has 0 radical (unpaired) electrons. The van der Waals surface area contributed by atoms with E-state index in [1.807, 2.05) is 22.8 Å². The van der Waals surface area contributed by atoms with Gasteiger partial charge in [0.1, 0.15) is 0 Å². The SMILES string of the molecule is Cc1ccc(Cl)cc1C(=O)N1CC[C@@]23OC[C@@H](C(C)C)N2C(=O)C[C@@H]13. The van der Waals surface area contributed by atoms with Gasteiger partial charge >= 0.3 is 0 Å². The molecule has 0 unspecified atom stereocenters. The van der Waals surface area contributed by atoms with Crippen LogP contribution in [0, 0.1) is 12.8 Å². The Kier molecular flexibility index (Phi) is 3.85. The van der Waals surface area contributed by atoms with Crippen molar-refractivity contribution in [3.63, 3.8) is 0 Å². The largest absolute Gasteiger partial charge is 0.351 e. The van der Waals surface area contributed by atoms with Crippen molar-refractivity contribution in [2.24, 2.45) is 5.92 Å². The third-order valence-electron chi connectivity index (χ3n) is 5.95. The molecule has 0 aliphatic carbocycles. The first-order chi connectivity index (χ1) is 11.8. The lowest BCUT2D eigenvalue weighted by Gasteiger charge is -2.34. The number of carbonyl (C=O) groups is 2. The molecule has 0 N–H and O–H groups in total. The number of halogens is 1. The molecule has 2 amide bonds. The molecule has 3 aliphatic heterocycles. The van der Waals surface area contributed by atoms with E-state index in [1.54, 1.807) is 12.1 Å². The summed E-state index contributed by atoms with van der Waals surface area (Å²) in [5.74, 6) is 0.372. The molecule has 0 aromatic heterocycles. The fraction of sp³-hybridized carbons (Fsp3) is 0.579. The van der Waals surface area contributed by atoms with E-state index in [4.69, 9.17) is 16.3 Å². The molecule has 0 bridgehead atoms. The van der Waals surface area contributed by atoms with Crippen LogP contribution in [0.2, 0.25) is 5.02 Å². The highest BCUT2D eigenvalue weighted by Crippen LogP contribution is 2.49. The van der Waals surface area contributed by atoms with Crippen LogP contribution in [0.1, 0.15) is 42.6 Å². The van der Waals surface area contributed by atoms with Crippen LogP contribution in [0.25, 0.3) is 0 Å². The highest BCUT2D eigenvalue weighted by molar-refractivity contribution is 6.31. The number of benzene rings is 1. The Bertz CT molecular complexity index is 750. The molecule has 3 fully saturated rings. The summed E-state index contributed by atoms with van der Waals surface area (Å²) < 4.78 is 6.19. The van der Waals surface area contributed by atoms with Gasteiger partial charge in [-0.3, -0.25) is 9.59 Å². The predicted molar refractivity (Wildman–Crippen MR) is 94.4 cm³/mol. The number of aryl methyl sites for hydroxylation is 1. The average Bonchev–Trinajstić information content (AvgIpc) is 3.18. The fourth-order valence-electron chi connectivity index (χ4n) is 4.59. The molecule has 25 heavy (non-hydrogen) atoms. The summed E-state index contributed by atoms with van der Waals surface area (Å²) in [6, 6.07) is 5.24. The molecule has 3 aliphatic rings. The summed E-state index contributed by atoms with van der Waals surface area (Å²) in [4.78, 5) is 29.6. The second-order valence-corrected chi connectivity index (χ2v) is 8.10. The molecule has 1 aromatic carbocycles. The fourth-order valence-corrected chi connectivity index (χ4v) is 4.76. The molecule has 3 atom stereocenters. The minimum atomic E-state index is -0.631. The smallest absolute Gasteiger partial charge is 0.254 e. The van der Waals surface area contributed by atoms with Gasteiger partial charge < -0.3 is 14.5 Å². The zero-order valence-corrected chi connectivity index (χ0v) is 15.5. The van der Waals surface area contributed by atoms with Crippen molar-refractivity contribution in [1.29, 1.82) is 0 Å². The molecule has 3 heterocycles. The van der Waals surface area contributed by atoms with Crippen molar-refractivity contribution < 1.29 is 14.3 Å². The van der Waals surface area contributed by atoms with Crippen molar-refractivity contribution in [1.82, 2.24) is 9.80 Å². The van der Waals surface area contributed by atoms with Gasteiger partial charge in [0.05, 0.1) is 25.1 Å². The number of nitrogens with zero attached hydrogens (tertiary/aromatic N) is 2. The van der Waals surface area contributed by atoms with Gasteiger partial charge in [0.25, 0.3) is 5.91 Å². The molecule has 0 saturated carbocycles. The van der Waals surface area contributed by atoms with Crippen molar-refractivity contribution >= 4 is 23.4 Å². The van der Waals surface area contributed by atoms with Crippen molar-refractivity contribution in [2.45, 2.75) is 51.4 Å². The van der Waals surface area contributed by atoms with Crippen molar-refractivity contribution in [3.8, 4) is 0 Å². The first-order valence-corrected chi connectivity index (χ1v) is 9.26. The Labute approximate surface area is 152 Å². The number of hydrogen-bond donors (Lipinski definition) is 0. The second-order valence-electron chi connectivity index (χ2n) is 7.66. The van der Waals surface area contributed by atoms with Crippen molar-refractivity contribution in [3.05, 3.63) is 34.3 Å². The summed E-state index contributed by atoms with van der Waals surface area (Å²) >= 11 is 6.09. The zero-order valence-electron chi connectivity index (χ0n) is 14.8. The van der Waals surface area contributed by atoms with E-state index in [0.717, 1.165) is 5.56 Å². The van der Waals surface area contributed by atoms with Crippen LogP contribution in [0.4, 0.5) is 0 Å². The third-order valence-corrected chi connectivity index (χ3v) is 6.18. The maximum absolute atomic E-state index is 13.2. The van der Waals surface area contributed by atoms with E-state index >= 15 is 0 Å². The van der Waals surface area contributed by atoms with Gasteiger partial charge in [-0.15, -0.1) is 0 Å². The van der Waals surface area contributed by atoms with Gasteiger partial charge in [0.2, 0.25) is 5.91 Å². The van der Waals surface area contributed by atoms with Crippen LogP contribution in [0.3, 0.4) is 0 Å². The van der Waals surface area contributed by atoms with Crippen LogP contribution in [-0.2, 0) is 9.53 Å². The first-order valence-electron chi connectivity index (χ1n) is 8.88. The van der Waals surface area contributed by atoms with Crippen molar-refractivity contribution in [2.75, 3.05) is 13.2 Å². The van der Waals surface area contributed by atoms with E-state index in [9.17, 15) is 9.59 Å². The molecule has 1 aromatic rings. The third kappa shape index (κ3) is 2.32. The Morgan fingerprint density at radius 2 is 2.16 bits per heavy atom. The average molecular weight is 363 g/mol. The standard InChI is InChI=1S/C19H23ClN2O3/c1-11(2)15-10-25-19-6-7-21(16(19)9-17(23)22(15)19)18(24)14-8-13(20)5-4-12(14)3/h4-5,8,11,15-16H,6-7,9-10H2,1-3H3/t15-,16+,19-/m0/s1. The minimum Gasteiger partial charge on any atom is -0.351 e. The van der Waals surface area contributed by atoms with Gasteiger partial charge in [-0.2, -0.15) is 0 Å². The minimum absolute atomic E-state index is 0.0619. The Morgan fingerprint density at radius 3 is 2.88 bits per heavy atom. The van der Waals surface area contributed by atoms with Gasteiger partial charge in [-0.25, -0.2) is 0 Å². The lowest BCUT2D eigenvalue weighted by atomic mass is 10.0. The number of ether oxygens (including phenoxy) is 1. The predicted octanol–water partition coefficient (Wildman–Crippen LogP) is 2.85. The molecule has 134 valence electrons. The lowest BCUT2D eigenvalue weighted by Crippen LogP contribution is -2.51. The maximum atomic E-state index is 13.2. The summed E-state index contributed by atoms with van der Waals surface area (Å²) in [5, 5.41) is 0.545.